The number of hydrogen-bond acceptors (Lipinski definition) is 6. The largest absolute Gasteiger partial charge is 0.416 e. The first-order valence-electron chi connectivity index (χ1n) is 13.1. The normalized spacial score (nSPS) is 13.0. The molecular formula is C28H27F9N6S. The predicted molar refractivity (Wildman–Crippen MR) is 146 cm³/mol. The van der Waals surface area contributed by atoms with E-state index >= 15 is 0 Å². The summed E-state index contributed by atoms with van der Waals surface area (Å²) in [6, 6.07) is 4.17. The minimum Gasteiger partial charge on any atom is -0.330 e. The molecule has 0 amide bonds. The van der Waals surface area contributed by atoms with Gasteiger partial charge in [0.25, 0.3) is 5.95 Å². The Bertz CT molecular complexity index is 1600. The number of aromatic nitrogens is 5. The van der Waals surface area contributed by atoms with E-state index < -0.39 is 53.9 Å². The van der Waals surface area contributed by atoms with Gasteiger partial charge in [0.1, 0.15) is 0 Å². The van der Waals surface area contributed by atoms with Crippen LogP contribution >= 0.6 is 11.3 Å². The molecule has 0 saturated carbocycles. The fourth-order valence-corrected chi connectivity index (χ4v) is 5.46. The minimum absolute atomic E-state index is 0.000639. The Labute approximate surface area is 250 Å². The number of halogens is 9. The average molecular weight is 651 g/mol. The van der Waals surface area contributed by atoms with E-state index in [4.69, 9.17) is 4.98 Å². The van der Waals surface area contributed by atoms with Gasteiger partial charge in [0.15, 0.2) is 0 Å². The van der Waals surface area contributed by atoms with Crippen LogP contribution in [0, 0.1) is 0 Å². The second-order valence-electron chi connectivity index (χ2n) is 11.1. The molecule has 0 N–H and O–H groups in total. The zero-order valence-electron chi connectivity index (χ0n) is 24.1. The molecule has 2 aromatic heterocycles. The molecule has 0 saturated heterocycles. The Morgan fingerprint density at radius 2 is 1.39 bits per heavy atom. The van der Waals surface area contributed by atoms with Gasteiger partial charge in [0.2, 0.25) is 0 Å². The molecule has 0 atom stereocenters. The number of tetrazole rings is 1. The van der Waals surface area contributed by atoms with Crippen LogP contribution in [0.5, 0.6) is 0 Å². The monoisotopic (exact) mass is 650 g/mol. The Balaban J connectivity index is 1.89. The van der Waals surface area contributed by atoms with Crippen LogP contribution < -0.4 is 4.90 Å². The Hall–Kier alpha value is -3.69. The molecule has 2 heterocycles. The third-order valence-corrected chi connectivity index (χ3v) is 8.14. The average Bonchev–Trinajstić information content (AvgIpc) is 3.53. The number of benzene rings is 2. The summed E-state index contributed by atoms with van der Waals surface area (Å²) in [6.45, 7) is 6.65. The summed E-state index contributed by atoms with van der Waals surface area (Å²) in [5.41, 5.74) is -3.99. The molecule has 16 heteroatoms. The van der Waals surface area contributed by atoms with E-state index in [2.05, 4.69) is 15.4 Å². The van der Waals surface area contributed by atoms with Crippen molar-refractivity contribution in [1.29, 1.82) is 0 Å². The lowest BCUT2D eigenvalue weighted by atomic mass is 9.97. The molecule has 0 fully saturated rings. The van der Waals surface area contributed by atoms with Crippen molar-refractivity contribution in [2.24, 2.45) is 7.05 Å². The summed E-state index contributed by atoms with van der Waals surface area (Å²) in [6.07, 6.45) is -14.4. The van der Waals surface area contributed by atoms with E-state index in [-0.39, 0.29) is 23.0 Å². The van der Waals surface area contributed by atoms with Gasteiger partial charge in [0, 0.05) is 28.9 Å². The Morgan fingerprint density at radius 1 is 0.795 bits per heavy atom. The van der Waals surface area contributed by atoms with E-state index in [0.29, 0.717) is 29.8 Å². The maximum absolute atomic E-state index is 13.9. The van der Waals surface area contributed by atoms with Crippen molar-refractivity contribution in [2.75, 3.05) is 4.90 Å². The first kappa shape index (κ1) is 33.2. The fourth-order valence-electron chi connectivity index (χ4n) is 4.39. The zero-order valence-corrected chi connectivity index (χ0v) is 24.9. The summed E-state index contributed by atoms with van der Waals surface area (Å²) in [5.74, 6) is -0.216. The van der Waals surface area contributed by atoms with Crippen molar-refractivity contribution < 1.29 is 39.5 Å². The number of rotatable bonds is 7. The van der Waals surface area contributed by atoms with Gasteiger partial charge in [-0.1, -0.05) is 38.9 Å². The molecule has 0 radical (unpaired) electrons. The van der Waals surface area contributed by atoms with Gasteiger partial charge in [-0.15, -0.1) is 16.4 Å². The topological polar surface area (TPSA) is 59.7 Å². The third-order valence-electron chi connectivity index (χ3n) is 6.51. The third kappa shape index (κ3) is 7.50. The van der Waals surface area contributed by atoms with Gasteiger partial charge >= 0.3 is 18.5 Å². The van der Waals surface area contributed by atoms with Gasteiger partial charge < -0.3 is 4.90 Å². The maximum atomic E-state index is 13.9. The number of anilines is 1. The number of aryl methyl sites for hydroxylation is 2. The van der Waals surface area contributed by atoms with Crippen molar-refractivity contribution in [3.8, 4) is 11.3 Å². The molecule has 0 aliphatic rings. The first-order valence-corrected chi connectivity index (χ1v) is 14.0. The first-order chi connectivity index (χ1) is 20.2. The van der Waals surface area contributed by atoms with Crippen LogP contribution in [0.4, 0.5) is 45.5 Å². The van der Waals surface area contributed by atoms with Gasteiger partial charge in [-0.25, -0.2) is 4.98 Å². The van der Waals surface area contributed by atoms with Crippen LogP contribution in [0.15, 0.2) is 36.4 Å². The predicted octanol–water partition coefficient (Wildman–Crippen LogP) is 8.46. The SMILES string of the molecule is CCc1sc(C(C)(C)C)nc1-c1ccc(C(F)(F)F)cc1CN(Cc1cc(C(F)(F)F)cc(C(F)(F)F)c1)c1nnn(C)n1. The molecule has 4 aromatic rings. The maximum Gasteiger partial charge on any atom is 0.416 e. The molecule has 6 nitrogen and oxygen atoms in total. The molecule has 0 aliphatic carbocycles. The van der Waals surface area contributed by atoms with Crippen LogP contribution in [0.2, 0.25) is 0 Å². The van der Waals surface area contributed by atoms with Crippen LogP contribution in [-0.2, 0) is 50.5 Å². The lowest BCUT2D eigenvalue weighted by Crippen LogP contribution is -2.25. The van der Waals surface area contributed by atoms with Gasteiger partial charge in [-0.05, 0) is 53.1 Å². The van der Waals surface area contributed by atoms with E-state index in [0.717, 1.165) is 26.8 Å². The summed E-state index contributed by atoms with van der Waals surface area (Å²) >= 11 is 1.41. The molecule has 0 bridgehead atoms. The molecule has 2 aromatic carbocycles. The highest BCUT2D eigenvalue weighted by atomic mass is 32.1. The highest BCUT2D eigenvalue weighted by Gasteiger charge is 2.37. The van der Waals surface area contributed by atoms with Crippen LogP contribution in [-0.4, -0.2) is 25.2 Å². The summed E-state index contributed by atoms with van der Waals surface area (Å²) in [5, 5.41) is 12.3. The standard InChI is InChI=1S/C28H27F9N6S/c1-6-21-22(38-23(44-21)25(2,3)4)20-8-7-17(26(29,30)31)11-16(20)14-43(24-39-41-42(5)40-24)13-15-9-18(27(32,33)34)12-19(10-15)28(35,36)37/h7-12H,6,13-14H2,1-5H3. The lowest BCUT2D eigenvalue weighted by molar-refractivity contribution is -0.143. The summed E-state index contributed by atoms with van der Waals surface area (Å²) in [4.78, 5) is 7.72. The number of hydrogen-bond donors (Lipinski definition) is 0. The Morgan fingerprint density at radius 3 is 1.86 bits per heavy atom. The molecule has 238 valence electrons. The van der Waals surface area contributed by atoms with Crippen LogP contribution in [0.25, 0.3) is 11.3 Å². The second kappa shape index (κ2) is 11.7. The molecule has 44 heavy (non-hydrogen) atoms. The number of nitrogens with zero attached hydrogens (tertiary/aromatic N) is 6. The smallest absolute Gasteiger partial charge is 0.330 e. The highest BCUT2D eigenvalue weighted by molar-refractivity contribution is 7.12. The molecule has 0 aliphatic heterocycles. The van der Waals surface area contributed by atoms with Gasteiger partial charge in [-0.2, -0.15) is 44.3 Å². The zero-order chi connectivity index (χ0) is 32.8. The number of thiazole rings is 1. The number of alkyl halides is 9. The molecule has 0 unspecified atom stereocenters. The van der Waals surface area contributed by atoms with Crippen molar-refractivity contribution in [2.45, 2.75) is 71.1 Å². The van der Waals surface area contributed by atoms with E-state index in [1.54, 1.807) is 0 Å². The van der Waals surface area contributed by atoms with Crippen molar-refractivity contribution in [1.82, 2.24) is 25.2 Å². The minimum atomic E-state index is -5.09. The van der Waals surface area contributed by atoms with Gasteiger partial charge in [0.05, 0.1) is 34.4 Å². The van der Waals surface area contributed by atoms with Crippen molar-refractivity contribution in [3.05, 3.63) is 74.1 Å². The van der Waals surface area contributed by atoms with Crippen LogP contribution in [0.3, 0.4) is 0 Å². The summed E-state index contributed by atoms with van der Waals surface area (Å²) in [7, 11) is 1.38. The molecule has 4 rings (SSSR count). The Kier molecular flexibility index (Phi) is 8.81. The van der Waals surface area contributed by atoms with Crippen molar-refractivity contribution in [3.63, 3.8) is 0 Å². The fraction of sp³-hybridized carbons (Fsp3) is 0.429. The van der Waals surface area contributed by atoms with E-state index in [1.807, 2.05) is 27.7 Å². The van der Waals surface area contributed by atoms with E-state index in [9.17, 15) is 39.5 Å². The lowest BCUT2D eigenvalue weighted by Gasteiger charge is -2.24. The second-order valence-corrected chi connectivity index (χ2v) is 12.2. The quantitative estimate of drug-likeness (QED) is 0.188. The summed E-state index contributed by atoms with van der Waals surface area (Å²) < 4.78 is 123. The molecule has 0 spiro atoms. The van der Waals surface area contributed by atoms with E-state index in [1.165, 1.54) is 29.4 Å². The van der Waals surface area contributed by atoms with Crippen LogP contribution in [0.1, 0.15) is 65.4 Å². The highest BCUT2D eigenvalue weighted by Crippen LogP contribution is 2.40. The van der Waals surface area contributed by atoms with Gasteiger partial charge in [-0.3, -0.25) is 0 Å². The van der Waals surface area contributed by atoms with Crippen molar-refractivity contribution >= 4 is 17.3 Å². The molecular weight excluding hydrogens is 623 g/mol.